The summed E-state index contributed by atoms with van der Waals surface area (Å²) in [5.74, 6) is -0.856. The number of halogens is 4. The fourth-order valence-electron chi connectivity index (χ4n) is 6.16. The highest BCUT2D eigenvalue weighted by Crippen LogP contribution is 2.39. The molecule has 1 saturated carbocycles. The molecule has 2 heterocycles. The fourth-order valence-corrected chi connectivity index (χ4v) is 6.93. The van der Waals surface area contributed by atoms with Crippen LogP contribution in [0, 0.1) is 37.4 Å². The molecule has 5 N–H and O–H groups in total. The molecule has 336 valence electrons. The number of nitrogens with one attached hydrogen (secondary N) is 2. The second-order valence-electron chi connectivity index (χ2n) is 15.1. The van der Waals surface area contributed by atoms with Crippen molar-refractivity contribution in [1.29, 1.82) is 0 Å². The minimum Gasteiger partial charge on any atom is -0.496 e. The van der Waals surface area contributed by atoms with Crippen LogP contribution < -0.4 is 21.2 Å². The lowest BCUT2D eigenvalue weighted by Crippen LogP contribution is -2.23. The minimum atomic E-state index is -4.60. The summed E-state index contributed by atoms with van der Waals surface area (Å²) in [6.07, 6.45) is 11.8. The van der Waals surface area contributed by atoms with E-state index in [4.69, 9.17) is 15.6 Å². The van der Waals surface area contributed by atoms with Crippen LogP contribution in [-0.2, 0) is 20.6 Å². The summed E-state index contributed by atoms with van der Waals surface area (Å²) in [7, 11) is 1.63. The molecule has 0 bridgehead atoms. The number of carbonyl (C=O) groups excluding carboxylic acids is 2. The number of carboxylic acids is 1. The Labute approximate surface area is 360 Å². The summed E-state index contributed by atoms with van der Waals surface area (Å²) >= 11 is 1.52. The van der Waals surface area contributed by atoms with Gasteiger partial charge in [0.1, 0.15) is 22.4 Å². The lowest BCUT2D eigenvalue weighted by Gasteiger charge is -2.11. The number of ether oxygens (including phenoxy) is 1. The van der Waals surface area contributed by atoms with Crippen LogP contribution in [0.15, 0.2) is 58.7 Å². The molecule has 2 unspecified atom stereocenters. The third-order valence-electron chi connectivity index (χ3n) is 9.78. The van der Waals surface area contributed by atoms with Gasteiger partial charge in [0.05, 0.1) is 36.3 Å². The molecule has 61 heavy (non-hydrogen) atoms. The maximum atomic E-state index is 12.9. The first-order valence-corrected chi connectivity index (χ1v) is 21.7. The number of primary amides is 1. The molecule has 1 aliphatic carbocycles. The highest BCUT2D eigenvalue weighted by atomic mass is 32.1. The quantitative estimate of drug-likeness (QED) is 0.0436. The van der Waals surface area contributed by atoms with Gasteiger partial charge in [-0.25, -0.2) is 9.37 Å². The molecule has 0 aliphatic heterocycles. The van der Waals surface area contributed by atoms with Gasteiger partial charge in [-0.3, -0.25) is 19.2 Å². The number of carbonyl (C=O) groups is 3. The standard InChI is InChI=1S/C15H14N2O2S.C11H18O2.C10H9F4NO.C10H21NO/c1-8-7-20-15(16-8)11-6-12(18)10-4-5-13(19-3)9(2)14(10)17-11;1-2-3-4-5-6-7-9-8-10(9)11(12)13;1-6(16)5-15-9-3-7(10(12,13)14)2-8(11)4-9;1-3-5-7-9(10(11)12)8-6-4-2/h4-7H,1-3H3,(H,17,18);6-7,9-10H,2-5,8H2,1H3,(H,12,13);2-4,15H,5H2,1H3;9H,3-8H2,1-2H3,(H2,11,12)/b;7-6-;;. The van der Waals surface area contributed by atoms with Crippen LogP contribution in [0.5, 0.6) is 5.75 Å². The van der Waals surface area contributed by atoms with Gasteiger partial charge in [0.2, 0.25) is 5.91 Å². The summed E-state index contributed by atoms with van der Waals surface area (Å²) in [5.41, 5.74) is 7.55. The number of amides is 1. The van der Waals surface area contributed by atoms with Crippen LogP contribution >= 0.6 is 11.3 Å². The Kier molecular flexibility index (Phi) is 22.5. The summed E-state index contributed by atoms with van der Waals surface area (Å²) in [6, 6.07) is 7.27. The van der Waals surface area contributed by atoms with Crippen molar-refractivity contribution in [3.05, 3.63) is 86.8 Å². The van der Waals surface area contributed by atoms with E-state index in [1.165, 1.54) is 37.5 Å². The Morgan fingerprint density at radius 2 is 1.69 bits per heavy atom. The molecule has 1 aliphatic rings. The Morgan fingerprint density at radius 1 is 1.03 bits per heavy atom. The van der Waals surface area contributed by atoms with Crippen LogP contribution in [0.25, 0.3) is 21.6 Å². The third kappa shape index (κ3) is 18.6. The van der Waals surface area contributed by atoms with Crippen molar-refractivity contribution >= 4 is 45.6 Å². The van der Waals surface area contributed by atoms with Gasteiger partial charge in [0.25, 0.3) is 0 Å². The van der Waals surface area contributed by atoms with Gasteiger partial charge in [0, 0.05) is 39.7 Å². The maximum Gasteiger partial charge on any atom is 0.416 e. The van der Waals surface area contributed by atoms with Crippen LogP contribution in [0.4, 0.5) is 23.2 Å². The van der Waals surface area contributed by atoms with Crippen molar-refractivity contribution in [2.75, 3.05) is 19.0 Å². The van der Waals surface area contributed by atoms with E-state index in [2.05, 4.69) is 48.2 Å². The molecule has 10 nitrogen and oxygen atoms in total. The minimum absolute atomic E-state index is 0.00708. The average molecular weight is 875 g/mol. The molecule has 0 radical (unpaired) electrons. The van der Waals surface area contributed by atoms with Crippen molar-refractivity contribution in [2.45, 2.75) is 118 Å². The Balaban J connectivity index is 0.000000287. The first kappa shape index (κ1) is 52.1. The summed E-state index contributed by atoms with van der Waals surface area (Å²) in [5, 5.41) is 14.5. The Morgan fingerprint density at radius 3 is 2.20 bits per heavy atom. The van der Waals surface area contributed by atoms with Gasteiger partial charge < -0.3 is 25.9 Å². The molecule has 2 atom stereocenters. The van der Waals surface area contributed by atoms with Gasteiger partial charge in [-0.1, -0.05) is 71.4 Å². The zero-order valence-corrected chi connectivity index (χ0v) is 37.2. The van der Waals surface area contributed by atoms with Crippen molar-refractivity contribution < 1.29 is 41.8 Å². The number of carboxylic acid groups (broad SMARTS) is 1. The van der Waals surface area contributed by atoms with E-state index in [1.54, 1.807) is 19.2 Å². The van der Waals surface area contributed by atoms with Gasteiger partial charge in [0.15, 0.2) is 5.43 Å². The van der Waals surface area contributed by atoms with E-state index in [9.17, 15) is 36.7 Å². The number of aryl methyl sites for hydroxylation is 2. The van der Waals surface area contributed by atoms with Crippen molar-refractivity contribution in [3.63, 3.8) is 0 Å². The summed E-state index contributed by atoms with van der Waals surface area (Å²) < 4.78 is 55.0. The molecule has 4 aromatic rings. The van der Waals surface area contributed by atoms with E-state index >= 15 is 0 Å². The first-order chi connectivity index (χ1) is 28.9. The molecular weight excluding hydrogens is 813 g/mol. The molecule has 2 aromatic carbocycles. The lowest BCUT2D eigenvalue weighted by molar-refractivity contribution is -0.139. The van der Waals surface area contributed by atoms with Gasteiger partial charge >= 0.3 is 12.1 Å². The normalized spacial score (nSPS) is 14.3. The average Bonchev–Trinajstić information content (AvgIpc) is 3.86. The number of aliphatic carboxylic acids is 1. The lowest BCUT2D eigenvalue weighted by atomic mass is 9.96. The number of anilines is 1. The van der Waals surface area contributed by atoms with E-state index in [-0.39, 0.29) is 41.2 Å². The first-order valence-electron chi connectivity index (χ1n) is 20.8. The van der Waals surface area contributed by atoms with Crippen LogP contribution in [0.1, 0.15) is 115 Å². The molecule has 1 fully saturated rings. The van der Waals surface area contributed by atoms with E-state index < -0.39 is 23.5 Å². The molecule has 1 amide bonds. The molecule has 0 spiro atoms. The third-order valence-corrected chi connectivity index (χ3v) is 10.8. The number of methoxy groups -OCH3 is 1. The smallest absolute Gasteiger partial charge is 0.416 e. The van der Waals surface area contributed by atoms with E-state index in [1.807, 2.05) is 25.3 Å². The number of fused-ring (bicyclic) bond motifs is 1. The zero-order chi connectivity index (χ0) is 45.7. The number of ketones is 1. The number of allylic oxidation sites excluding steroid dienone is 2. The SMILES string of the molecule is CC(=O)CNc1cc(F)cc(C(F)(F)F)c1.CCCCC(CCCC)C(N)=O.CCCCC/C=C\C1CC1C(=O)O.COc1ccc2c(=O)cc(-c3nc(C)cs3)[nH]c2c1C. The number of rotatable bonds is 18. The van der Waals surface area contributed by atoms with E-state index in [0.717, 1.165) is 96.7 Å². The number of hydrogen-bond donors (Lipinski definition) is 4. The molecule has 2 aromatic heterocycles. The predicted octanol–water partition coefficient (Wildman–Crippen LogP) is 11.4. The number of benzene rings is 2. The van der Waals surface area contributed by atoms with Crippen molar-refractivity contribution in [1.82, 2.24) is 9.97 Å². The van der Waals surface area contributed by atoms with Gasteiger partial charge in [-0.2, -0.15) is 13.2 Å². The number of Topliss-reactive ketones (excluding diaryl/α,β-unsaturated/α-hetero) is 1. The van der Waals surface area contributed by atoms with Crippen LogP contribution in [-0.4, -0.2) is 46.4 Å². The number of aromatic amines is 1. The fraction of sp³-hybridized carbons (Fsp3) is 0.500. The zero-order valence-electron chi connectivity index (χ0n) is 36.3. The van der Waals surface area contributed by atoms with Crippen LogP contribution in [0.3, 0.4) is 0 Å². The molecule has 0 saturated heterocycles. The number of nitrogens with two attached hydrogens (primary N) is 1. The number of alkyl halides is 3. The number of thiazole rings is 1. The number of aromatic nitrogens is 2. The largest absolute Gasteiger partial charge is 0.496 e. The number of nitrogens with zero attached hydrogens (tertiary/aromatic N) is 1. The number of unbranched alkanes of at least 4 members (excludes halogenated alkanes) is 5. The maximum absolute atomic E-state index is 12.9. The summed E-state index contributed by atoms with van der Waals surface area (Å²) in [6.45, 7) is 11.5. The van der Waals surface area contributed by atoms with Crippen molar-refractivity contribution in [2.24, 2.45) is 23.5 Å². The second-order valence-corrected chi connectivity index (χ2v) is 15.9. The molecule has 5 rings (SSSR count). The number of pyridine rings is 1. The Hall–Kier alpha value is -5.05. The summed E-state index contributed by atoms with van der Waals surface area (Å²) in [4.78, 5) is 52.0. The molecular formula is C46H62F4N4O6S. The van der Waals surface area contributed by atoms with Gasteiger partial charge in [-0.05, 0) is 89.1 Å². The topological polar surface area (TPSA) is 164 Å². The highest BCUT2D eigenvalue weighted by molar-refractivity contribution is 7.13. The number of hydrogen-bond acceptors (Lipinski definition) is 8. The van der Waals surface area contributed by atoms with E-state index in [0.29, 0.717) is 17.4 Å². The van der Waals surface area contributed by atoms with Crippen LogP contribution in [0.2, 0.25) is 0 Å². The number of H-pyrrole nitrogens is 1. The Bertz CT molecular complexity index is 2090. The van der Waals surface area contributed by atoms with Gasteiger partial charge in [-0.15, -0.1) is 11.3 Å². The second kappa shape index (κ2) is 26.3. The van der Waals surface area contributed by atoms with Crippen molar-refractivity contribution in [3.8, 4) is 16.5 Å². The predicted molar refractivity (Wildman–Crippen MR) is 237 cm³/mol. The molecule has 15 heteroatoms. The highest BCUT2D eigenvalue weighted by Gasteiger charge is 2.40. The monoisotopic (exact) mass is 874 g/mol.